The summed E-state index contributed by atoms with van der Waals surface area (Å²) < 4.78 is 0. The number of amides is 1. The monoisotopic (exact) mass is 333 g/mol. The molecule has 0 atom stereocenters. The highest BCUT2D eigenvalue weighted by atomic mass is 16.1. The zero-order valence-electron chi connectivity index (χ0n) is 15.1. The summed E-state index contributed by atoms with van der Waals surface area (Å²) in [6, 6.07) is 15.9. The number of carbonyl (C=O) groups excluding carboxylic acids is 1. The van der Waals surface area contributed by atoms with Gasteiger partial charge in [-0.3, -0.25) is 9.78 Å². The summed E-state index contributed by atoms with van der Waals surface area (Å²) in [6.45, 7) is 4.75. The Morgan fingerprint density at radius 3 is 2.64 bits per heavy atom. The summed E-state index contributed by atoms with van der Waals surface area (Å²) in [6.07, 6.45) is 0. The quantitative estimate of drug-likeness (QED) is 0.779. The van der Waals surface area contributed by atoms with Crippen molar-refractivity contribution in [3.8, 4) is 0 Å². The molecule has 0 radical (unpaired) electrons. The molecule has 0 aliphatic rings. The number of benzene rings is 2. The van der Waals surface area contributed by atoms with Crippen LogP contribution in [0.2, 0.25) is 0 Å². The van der Waals surface area contributed by atoms with Gasteiger partial charge in [-0.05, 0) is 63.3 Å². The number of nitrogens with one attached hydrogen (secondary N) is 1. The first kappa shape index (κ1) is 17.1. The van der Waals surface area contributed by atoms with Crippen molar-refractivity contribution in [2.75, 3.05) is 19.4 Å². The Kier molecular flexibility index (Phi) is 4.81. The van der Waals surface area contributed by atoms with E-state index in [1.807, 2.05) is 70.4 Å². The summed E-state index contributed by atoms with van der Waals surface area (Å²) in [5.41, 5.74) is 5.38. The first-order valence-corrected chi connectivity index (χ1v) is 8.35. The van der Waals surface area contributed by atoms with Gasteiger partial charge in [0.05, 0.1) is 16.8 Å². The standard InChI is InChI=1S/C21H23N3O/c1-14-8-9-17-12-19(15(2)22-20(17)10-14)21(25)23-18-7-5-6-16(11-18)13-24(3)4/h5-12H,13H2,1-4H3,(H,23,25). The lowest BCUT2D eigenvalue weighted by Gasteiger charge is -2.12. The molecule has 1 N–H and O–H groups in total. The van der Waals surface area contributed by atoms with Crippen LogP contribution in [0.25, 0.3) is 10.9 Å². The number of carbonyl (C=O) groups is 1. The number of aryl methyl sites for hydroxylation is 2. The van der Waals surface area contributed by atoms with Crippen LogP contribution >= 0.6 is 0 Å². The molecule has 25 heavy (non-hydrogen) atoms. The molecule has 1 amide bonds. The van der Waals surface area contributed by atoms with Gasteiger partial charge in [0.25, 0.3) is 5.91 Å². The molecule has 4 heteroatoms. The third kappa shape index (κ3) is 4.03. The third-order valence-corrected chi connectivity index (χ3v) is 4.09. The first-order chi connectivity index (χ1) is 11.9. The van der Waals surface area contributed by atoms with E-state index >= 15 is 0 Å². The van der Waals surface area contributed by atoms with Gasteiger partial charge in [-0.1, -0.05) is 24.3 Å². The van der Waals surface area contributed by atoms with E-state index in [1.165, 1.54) is 0 Å². The minimum Gasteiger partial charge on any atom is -0.322 e. The Morgan fingerprint density at radius 1 is 1.08 bits per heavy atom. The Bertz CT molecular complexity index is 932. The lowest BCUT2D eigenvalue weighted by atomic mass is 10.1. The molecule has 1 heterocycles. The number of anilines is 1. The zero-order chi connectivity index (χ0) is 18.0. The van der Waals surface area contributed by atoms with Crippen LogP contribution in [0, 0.1) is 13.8 Å². The summed E-state index contributed by atoms with van der Waals surface area (Å²) in [5, 5.41) is 3.97. The highest BCUT2D eigenvalue weighted by Gasteiger charge is 2.12. The number of hydrogen-bond acceptors (Lipinski definition) is 3. The zero-order valence-corrected chi connectivity index (χ0v) is 15.1. The van der Waals surface area contributed by atoms with Gasteiger partial charge in [-0.15, -0.1) is 0 Å². The number of aromatic nitrogens is 1. The van der Waals surface area contributed by atoms with Crippen molar-refractivity contribution in [1.82, 2.24) is 9.88 Å². The topological polar surface area (TPSA) is 45.2 Å². The van der Waals surface area contributed by atoms with E-state index in [0.29, 0.717) is 5.56 Å². The molecule has 3 rings (SSSR count). The van der Waals surface area contributed by atoms with Crippen LogP contribution in [0.4, 0.5) is 5.69 Å². The second kappa shape index (κ2) is 7.03. The maximum Gasteiger partial charge on any atom is 0.257 e. The lowest BCUT2D eigenvalue weighted by Crippen LogP contribution is -2.15. The summed E-state index contributed by atoms with van der Waals surface area (Å²) in [5.74, 6) is -0.130. The van der Waals surface area contributed by atoms with E-state index in [2.05, 4.69) is 21.3 Å². The van der Waals surface area contributed by atoms with Crippen molar-refractivity contribution in [2.24, 2.45) is 0 Å². The van der Waals surface area contributed by atoms with Crippen molar-refractivity contribution in [1.29, 1.82) is 0 Å². The van der Waals surface area contributed by atoms with E-state index < -0.39 is 0 Å². The van der Waals surface area contributed by atoms with Gasteiger partial charge in [-0.2, -0.15) is 0 Å². The van der Waals surface area contributed by atoms with Gasteiger partial charge in [0.1, 0.15) is 0 Å². The average Bonchev–Trinajstić information content (AvgIpc) is 2.53. The summed E-state index contributed by atoms with van der Waals surface area (Å²) >= 11 is 0. The van der Waals surface area contributed by atoms with Crippen LogP contribution in [0.3, 0.4) is 0 Å². The minimum atomic E-state index is -0.130. The number of nitrogens with zero attached hydrogens (tertiary/aromatic N) is 2. The van der Waals surface area contributed by atoms with Crippen LogP contribution in [0.5, 0.6) is 0 Å². The number of fused-ring (bicyclic) bond motifs is 1. The minimum absolute atomic E-state index is 0.130. The third-order valence-electron chi connectivity index (χ3n) is 4.09. The molecule has 3 aromatic rings. The Balaban J connectivity index is 1.87. The predicted molar refractivity (Wildman–Crippen MR) is 103 cm³/mol. The molecule has 0 spiro atoms. The molecule has 4 nitrogen and oxygen atoms in total. The average molecular weight is 333 g/mol. The maximum absolute atomic E-state index is 12.7. The van der Waals surface area contributed by atoms with Crippen molar-refractivity contribution < 1.29 is 4.79 Å². The summed E-state index contributed by atoms with van der Waals surface area (Å²) in [4.78, 5) is 19.4. The Hall–Kier alpha value is -2.72. The van der Waals surface area contributed by atoms with E-state index in [0.717, 1.165) is 40.0 Å². The van der Waals surface area contributed by atoms with Gasteiger partial charge in [0.2, 0.25) is 0 Å². The molecule has 0 bridgehead atoms. The number of rotatable bonds is 4. The van der Waals surface area contributed by atoms with Crippen LogP contribution in [0.15, 0.2) is 48.5 Å². The molecule has 128 valence electrons. The van der Waals surface area contributed by atoms with Crippen LogP contribution < -0.4 is 5.32 Å². The lowest BCUT2D eigenvalue weighted by molar-refractivity contribution is 0.102. The second-order valence-electron chi connectivity index (χ2n) is 6.71. The fourth-order valence-corrected chi connectivity index (χ4v) is 2.91. The van der Waals surface area contributed by atoms with Gasteiger partial charge < -0.3 is 10.2 Å². The van der Waals surface area contributed by atoms with Crippen molar-refractivity contribution in [3.05, 3.63) is 70.9 Å². The largest absolute Gasteiger partial charge is 0.322 e. The van der Waals surface area contributed by atoms with Gasteiger partial charge in [0, 0.05) is 17.6 Å². The molecule has 2 aromatic carbocycles. The van der Waals surface area contributed by atoms with Gasteiger partial charge >= 0.3 is 0 Å². The van der Waals surface area contributed by atoms with Gasteiger partial charge in [-0.25, -0.2) is 0 Å². The Morgan fingerprint density at radius 2 is 1.88 bits per heavy atom. The van der Waals surface area contributed by atoms with E-state index in [-0.39, 0.29) is 5.91 Å². The predicted octanol–water partition coefficient (Wildman–Crippen LogP) is 4.17. The number of hydrogen-bond donors (Lipinski definition) is 1. The van der Waals surface area contributed by atoms with E-state index in [4.69, 9.17) is 0 Å². The molecule has 0 aliphatic heterocycles. The maximum atomic E-state index is 12.7. The molecular weight excluding hydrogens is 310 g/mol. The fourth-order valence-electron chi connectivity index (χ4n) is 2.91. The van der Waals surface area contributed by atoms with Crippen LogP contribution in [0.1, 0.15) is 27.2 Å². The van der Waals surface area contributed by atoms with Crippen LogP contribution in [-0.2, 0) is 6.54 Å². The molecule has 0 saturated heterocycles. The van der Waals surface area contributed by atoms with E-state index in [9.17, 15) is 4.79 Å². The molecule has 0 fully saturated rings. The Labute approximate surface area is 148 Å². The normalized spacial score (nSPS) is 11.1. The summed E-state index contributed by atoms with van der Waals surface area (Å²) in [7, 11) is 4.05. The van der Waals surface area contributed by atoms with Crippen LogP contribution in [-0.4, -0.2) is 29.9 Å². The highest BCUT2D eigenvalue weighted by Crippen LogP contribution is 2.20. The van der Waals surface area contributed by atoms with Crippen molar-refractivity contribution >= 4 is 22.5 Å². The second-order valence-corrected chi connectivity index (χ2v) is 6.71. The van der Waals surface area contributed by atoms with Crippen molar-refractivity contribution in [2.45, 2.75) is 20.4 Å². The molecular formula is C21H23N3O. The van der Waals surface area contributed by atoms with E-state index in [1.54, 1.807) is 0 Å². The molecule has 0 unspecified atom stereocenters. The molecule has 0 saturated carbocycles. The smallest absolute Gasteiger partial charge is 0.257 e. The highest BCUT2D eigenvalue weighted by molar-refractivity contribution is 6.06. The van der Waals surface area contributed by atoms with Crippen molar-refractivity contribution in [3.63, 3.8) is 0 Å². The van der Waals surface area contributed by atoms with Gasteiger partial charge in [0.15, 0.2) is 0 Å². The fraction of sp³-hybridized carbons (Fsp3) is 0.238. The molecule has 0 aliphatic carbocycles. The number of pyridine rings is 1. The SMILES string of the molecule is Cc1ccc2cc(C(=O)Nc3cccc(CN(C)C)c3)c(C)nc2c1. The first-order valence-electron chi connectivity index (χ1n) is 8.35. The molecule has 1 aromatic heterocycles.